The Kier molecular flexibility index (Phi) is 5.74. The third-order valence-electron chi connectivity index (χ3n) is 3.57. The molecule has 0 aliphatic rings. The molecule has 1 atom stereocenters. The monoisotopic (exact) mass is 381 g/mol. The number of anilines is 1. The van der Waals surface area contributed by atoms with Crippen LogP contribution in [0.15, 0.2) is 58.2 Å². The van der Waals surface area contributed by atoms with Gasteiger partial charge >= 0.3 is 5.97 Å². The number of carbonyl (C=O) groups is 2. The van der Waals surface area contributed by atoms with Crippen molar-refractivity contribution >= 4 is 40.4 Å². The number of hydrogen-bond acceptors (Lipinski definition) is 7. The van der Waals surface area contributed by atoms with E-state index in [9.17, 15) is 9.59 Å². The van der Waals surface area contributed by atoms with E-state index >= 15 is 0 Å². The molecule has 0 spiro atoms. The molecular weight excluding hydrogens is 366 g/mol. The van der Waals surface area contributed by atoms with Gasteiger partial charge in [-0.2, -0.15) is 5.26 Å². The van der Waals surface area contributed by atoms with Gasteiger partial charge in [-0.15, -0.1) is 0 Å². The average molecular weight is 381 g/mol. The highest BCUT2D eigenvalue weighted by Gasteiger charge is 2.19. The van der Waals surface area contributed by atoms with Gasteiger partial charge in [0.2, 0.25) is 0 Å². The molecule has 0 saturated heterocycles. The first-order chi connectivity index (χ1) is 13.1. The van der Waals surface area contributed by atoms with Crippen molar-refractivity contribution in [1.29, 1.82) is 5.26 Å². The molecule has 1 heterocycles. The summed E-state index contributed by atoms with van der Waals surface area (Å²) < 4.78 is 10.6. The zero-order chi connectivity index (χ0) is 19.2. The lowest BCUT2D eigenvalue weighted by Crippen LogP contribution is -2.30. The summed E-state index contributed by atoms with van der Waals surface area (Å²) in [6, 6.07) is 15.9. The minimum atomic E-state index is -1.01. The van der Waals surface area contributed by atoms with Crippen molar-refractivity contribution in [3.63, 3.8) is 0 Å². The molecule has 0 unspecified atom stereocenters. The number of benzene rings is 2. The van der Waals surface area contributed by atoms with Crippen LogP contribution in [0.4, 0.5) is 5.69 Å². The molecule has 2 aromatic carbocycles. The molecule has 0 radical (unpaired) electrons. The molecule has 0 bridgehead atoms. The molecule has 0 fully saturated rings. The van der Waals surface area contributed by atoms with Crippen LogP contribution < -0.4 is 5.32 Å². The van der Waals surface area contributed by atoms with Crippen molar-refractivity contribution in [3.05, 3.63) is 54.1 Å². The van der Waals surface area contributed by atoms with E-state index in [-0.39, 0.29) is 5.75 Å². The van der Waals surface area contributed by atoms with Gasteiger partial charge in [0.1, 0.15) is 17.3 Å². The van der Waals surface area contributed by atoms with Crippen molar-refractivity contribution in [2.75, 3.05) is 11.1 Å². The fraction of sp³-hybridized carbons (Fsp3) is 0.158. The zero-order valence-electron chi connectivity index (χ0n) is 14.3. The van der Waals surface area contributed by atoms with Gasteiger partial charge in [-0.25, -0.2) is 4.98 Å². The van der Waals surface area contributed by atoms with Crippen molar-refractivity contribution in [3.8, 4) is 6.07 Å². The Balaban J connectivity index is 1.52. The molecule has 0 aliphatic carbocycles. The third kappa shape index (κ3) is 4.65. The number of rotatable bonds is 6. The molecule has 136 valence electrons. The number of para-hydroxylation sites is 3. The highest BCUT2D eigenvalue weighted by Crippen LogP contribution is 2.23. The molecule has 7 nitrogen and oxygen atoms in total. The van der Waals surface area contributed by atoms with E-state index in [1.807, 2.05) is 24.3 Å². The van der Waals surface area contributed by atoms with Gasteiger partial charge in [-0.3, -0.25) is 9.59 Å². The van der Waals surface area contributed by atoms with Crippen molar-refractivity contribution < 1.29 is 18.7 Å². The highest BCUT2D eigenvalue weighted by molar-refractivity contribution is 7.99. The number of nitriles is 1. The summed E-state index contributed by atoms with van der Waals surface area (Å²) in [6.45, 7) is 1.46. The summed E-state index contributed by atoms with van der Waals surface area (Å²) in [5.74, 6) is -1.13. The number of aromatic nitrogens is 1. The number of thioether (sulfide) groups is 1. The number of fused-ring (bicyclic) bond motifs is 1. The van der Waals surface area contributed by atoms with Gasteiger partial charge in [0.15, 0.2) is 11.7 Å². The highest BCUT2D eigenvalue weighted by atomic mass is 32.2. The molecule has 27 heavy (non-hydrogen) atoms. The van der Waals surface area contributed by atoms with E-state index in [4.69, 9.17) is 14.4 Å². The lowest BCUT2D eigenvalue weighted by Gasteiger charge is -2.13. The molecule has 8 heteroatoms. The minimum absolute atomic E-state index is 0.0424. The average Bonchev–Trinajstić information content (AvgIpc) is 3.09. The second-order valence-electron chi connectivity index (χ2n) is 5.51. The number of esters is 1. The second-order valence-corrected chi connectivity index (χ2v) is 6.44. The maximum Gasteiger partial charge on any atom is 0.317 e. The van der Waals surface area contributed by atoms with Crippen LogP contribution in [0.25, 0.3) is 11.1 Å². The van der Waals surface area contributed by atoms with Crippen LogP contribution in [0.1, 0.15) is 12.5 Å². The van der Waals surface area contributed by atoms with E-state index < -0.39 is 18.0 Å². The van der Waals surface area contributed by atoms with Crippen molar-refractivity contribution in [2.45, 2.75) is 18.3 Å². The Labute approximate surface area is 159 Å². The SMILES string of the molecule is C[C@H](OC(=O)CSc1nc2ccccc2o1)C(=O)Nc1ccccc1C#N. The van der Waals surface area contributed by atoms with Crippen LogP contribution in [0.5, 0.6) is 0 Å². The zero-order valence-corrected chi connectivity index (χ0v) is 15.2. The maximum atomic E-state index is 12.2. The molecule has 1 amide bonds. The Hall–Kier alpha value is -3.31. The summed E-state index contributed by atoms with van der Waals surface area (Å²) in [6.07, 6.45) is -1.01. The summed E-state index contributed by atoms with van der Waals surface area (Å²) in [5.41, 5.74) is 2.04. The first kappa shape index (κ1) is 18.5. The van der Waals surface area contributed by atoms with Gasteiger partial charge < -0.3 is 14.5 Å². The predicted molar refractivity (Wildman–Crippen MR) is 100 cm³/mol. The number of nitrogens with one attached hydrogen (secondary N) is 1. The molecule has 3 rings (SSSR count). The maximum absolute atomic E-state index is 12.2. The topological polar surface area (TPSA) is 105 Å². The fourth-order valence-corrected chi connectivity index (χ4v) is 2.86. The lowest BCUT2D eigenvalue weighted by molar-refractivity contribution is -0.150. The third-order valence-corrected chi connectivity index (χ3v) is 4.37. The Morgan fingerprint density at radius 2 is 2.00 bits per heavy atom. The van der Waals surface area contributed by atoms with Crippen molar-refractivity contribution in [2.24, 2.45) is 0 Å². The summed E-state index contributed by atoms with van der Waals surface area (Å²) >= 11 is 1.09. The minimum Gasteiger partial charge on any atom is -0.452 e. The van der Waals surface area contributed by atoms with Gasteiger partial charge in [0.05, 0.1) is 11.3 Å². The van der Waals surface area contributed by atoms with E-state index in [0.29, 0.717) is 27.6 Å². The second kappa shape index (κ2) is 8.38. The molecule has 0 aliphatic heterocycles. The van der Waals surface area contributed by atoms with Gasteiger partial charge in [-0.05, 0) is 31.2 Å². The van der Waals surface area contributed by atoms with E-state index in [1.54, 1.807) is 30.3 Å². The van der Waals surface area contributed by atoms with Crippen LogP contribution in [0.2, 0.25) is 0 Å². The number of oxazole rings is 1. The predicted octanol–water partition coefficient (Wildman–Crippen LogP) is 3.36. The molecular formula is C19H15N3O4S. The Morgan fingerprint density at radius 3 is 2.78 bits per heavy atom. The molecule has 1 N–H and O–H groups in total. The molecule has 0 saturated carbocycles. The van der Waals surface area contributed by atoms with E-state index in [1.165, 1.54) is 6.92 Å². The van der Waals surface area contributed by atoms with Crippen molar-refractivity contribution in [1.82, 2.24) is 4.98 Å². The quantitative estimate of drug-likeness (QED) is 0.515. The molecule has 1 aromatic heterocycles. The van der Waals surface area contributed by atoms with E-state index in [2.05, 4.69) is 10.3 Å². The summed E-state index contributed by atoms with van der Waals surface area (Å²) in [7, 11) is 0. The number of amides is 1. The van der Waals surface area contributed by atoms with E-state index in [0.717, 1.165) is 11.8 Å². The van der Waals surface area contributed by atoms with Gasteiger partial charge in [0, 0.05) is 0 Å². The van der Waals surface area contributed by atoms with Gasteiger partial charge in [-0.1, -0.05) is 36.0 Å². The Bertz CT molecular complexity index is 992. The lowest BCUT2D eigenvalue weighted by atomic mass is 10.2. The number of hydrogen-bond donors (Lipinski definition) is 1. The van der Waals surface area contributed by atoms with Crippen LogP contribution in [-0.4, -0.2) is 28.7 Å². The standard InChI is InChI=1S/C19H15N3O4S/c1-12(18(24)21-14-7-3-2-6-13(14)10-20)25-17(23)11-27-19-22-15-8-4-5-9-16(15)26-19/h2-9,12H,11H2,1H3,(H,21,24)/t12-/m0/s1. The number of nitrogens with zero attached hydrogens (tertiary/aromatic N) is 2. The van der Waals surface area contributed by atoms with Crippen LogP contribution in [-0.2, 0) is 14.3 Å². The Morgan fingerprint density at radius 1 is 1.26 bits per heavy atom. The molecule has 3 aromatic rings. The first-order valence-corrected chi connectivity index (χ1v) is 9.03. The van der Waals surface area contributed by atoms with Crippen LogP contribution >= 0.6 is 11.8 Å². The van der Waals surface area contributed by atoms with Gasteiger partial charge in [0.25, 0.3) is 11.1 Å². The normalized spacial score (nSPS) is 11.6. The summed E-state index contributed by atoms with van der Waals surface area (Å²) in [4.78, 5) is 28.4. The largest absolute Gasteiger partial charge is 0.452 e. The fourth-order valence-electron chi connectivity index (χ4n) is 2.24. The number of ether oxygens (including phenoxy) is 1. The number of carbonyl (C=O) groups excluding carboxylic acids is 2. The van der Waals surface area contributed by atoms with Crippen LogP contribution in [0.3, 0.4) is 0 Å². The van der Waals surface area contributed by atoms with Crippen LogP contribution in [0, 0.1) is 11.3 Å². The first-order valence-electron chi connectivity index (χ1n) is 8.04. The summed E-state index contributed by atoms with van der Waals surface area (Å²) in [5, 5.41) is 12.0. The smallest absolute Gasteiger partial charge is 0.317 e.